The zero-order valence-electron chi connectivity index (χ0n) is 10.2. The fraction of sp³-hybridized carbons (Fsp3) is 0.583. The minimum atomic E-state index is -0.392. The van der Waals surface area contributed by atoms with Gasteiger partial charge in [0, 0.05) is 13.0 Å². The summed E-state index contributed by atoms with van der Waals surface area (Å²) in [7, 11) is 1.57. The summed E-state index contributed by atoms with van der Waals surface area (Å²) in [6, 6.07) is 0. The number of anilines is 1. The van der Waals surface area contributed by atoms with Crippen LogP contribution in [-0.4, -0.2) is 15.6 Å². The monoisotopic (exact) mass is 235 g/mol. The van der Waals surface area contributed by atoms with Crippen molar-refractivity contribution >= 4 is 11.5 Å². The number of Topliss-reactive ketones (excluding diaryl/α,β-unsaturated/α-hetero) is 1. The lowest BCUT2D eigenvalue weighted by Gasteiger charge is -2.15. The molecule has 1 fully saturated rings. The van der Waals surface area contributed by atoms with Gasteiger partial charge >= 0.3 is 0 Å². The Balaban J connectivity index is 2.64. The van der Waals surface area contributed by atoms with Crippen molar-refractivity contribution in [2.75, 3.05) is 5.73 Å². The molecule has 1 aliphatic rings. The molecule has 0 aliphatic heterocycles. The highest BCUT2D eigenvalue weighted by Crippen LogP contribution is 2.35. The van der Waals surface area contributed by atoms with E-state index in [0.29, 0.717) is 11.3 Å². The van der Waals surface area contributed by atoms with E-state index in [4.69, 9.17) is 5.73 Å². The predicted molar refractivity (Wildman–Crippen MR) is 65.1 cm³/mol. The molecule has 0 bridgehead atoms. The Bertz CT molecular complexity index is 513. The molecule has 1 aliphatic carbocycles. The Hall–Kier alpha value is -1.65. The number of nitrogens with two attached hydrogens (primary N) is 1. The maximum atomic E-state index is 11.7. The minimum absolute atomic E-state index is 0.0388. The molecule has 0 atom stereocenters. The second kappa shape index (κ2) is 4.31. The summed E-state index contributed by atoms with van der Waals surface area (Å²) in [5.41, 5.74) is 6.44. The zero-order valence-corrected chi connectivity index (χ0v) is 10.2. The molecule has 0 aromatic carbocycles. The van der Waals surface area contributed by atoms with E-state index in [1.54, 1.807) is 7.05 Å². The molecule has 2 N–H and O–H groups in total. The van der Waals surface area contributed by atoms with Gasteiger partial charge in [0.2, 0.25) is 0 Å². The lowest BCUT2D eigenvalue weighted by atomic mass is 9.96. The van der Waals surface area contributed by atoms with E-state index in [0.717, 1.165) is 25.7 Å². The average Bonchev–Trinajstić information content (AvgIpc) is 2.77. The van der Waals surface area contributed by atoms with E-state index in [2.05, 4.69) is 5.10 Å². The number of carbonyl (C=O) groups excluding carboxylic acids is 1. The standard InChI is InChI=1S/C12H17N3O2/c1-7(16)9-10(13)12(17)15(2)14-11(9)8-5-3-4-6-8/h8H,3-6,13H2,1-2H3. The first-order valence-electron chi connectivity index (χ1n) is 5.90. The van der Waals surface area contributed by atoms with E-state index in [9.17, 15) is 9.59 Å². The van der Waals surface area contributed by atoms with E-state index in [1.807, 2.05) is 0 Å². The average molecular weight is 235 g/mol. The van der Waals surface area contributed by atoms with Crippen LogP contribution >= 0.6 is 0 Å². The van der Waals surface area contributed by atoms with Crippen LogP contribution in [0.25, 0.3) is 0 Å². The SMILES string of the molecule is CC(=O)c1c(C2CCCC2)nn(C)c(=O)c1N. The highest BCUT2D eigenvalue weighted by molar-refractivity contribution is 6.00. The molecule has 2 rings (SSSR count). The first-order valence-corrected chi connectivity index (χ1v) is 5.90. The smallest absolute Gasteiger partial charge is 0.290 e. The third-order valence-electron chi connectivity index (χ3n) is 3.40. The summed E-state index contributed by atoms with van der Waals surface area (Å²) in [5.74, 6) is 0.0950. The van der Waals surface area contributed by atoms with Crippen LogP contribution in [-0.2, 0) is 7.05 Å². The number of hydrogen-bond donors (Lipinski definition) is 1. The number of rotatable bonds is 2. The van der Waals surface area contributed by atoms with Crippen LogP contribution in [0.1, 0.15) is 54.6 Å². The van der Waals surface area contributed by atoms with Gasteiger partial charge < -0.3 is 5.73 Å². The van der Waals surface area contributed by atoms with Gasteiger partial charge in [-0.3, -0.25) is 9.59 Å². The van der Waals surface area contributed by atoms with Crippen LogP contribution in [0, 0.1) is 0 Å². The molecule has 0 saturated heterocycles. The van der Waals surface area contributed by atoms with Gasteiger partial charge in [0.15, 0.2) is 5.78 Å². The molecule has 5 heteroatoms. The van der Waals surface area contributed by atoms with Gasteiger partial charge in [-0.05, 0) is 19.8 Å². The molecular formula is C12H17N3O2. The molecule has 0 spiro atoms. The number of carbonyl (C=O) groups is 1. The van der Waals surface area contributed by atoms with Gasteiger partial charge in [0.25, 0.3) is 5.56 Å². The maximum absolute atomic E-state index is 11.7. The minimum Gasteiger partial charge on any atom is -0.394 e. The fourth-order valence-corrected chi connectivity index (χ4v) is 2.53. The topological polar surface area (TPSA) is 78.0 Å². The molecule has 0 unspecified atom stereocenters. The third kappa shape index (κ3) is 1.97. The van der Waals surface area contributed by atoms with Crippen LogP contribution < -0.4 is 11.3 Å². The van der Waals surface area contributed by atoms with Crippen molar-refractivity contribution in [3.05, 3.63) is 21.6 Å². The van der Waals surface area contributed by atoms with Gasteiger partial charge in [-0.15, -0.1) is 0 Å². The lowest BCUT2D eigenvalue weighted by molar-refractivity contribution is 0.101. The van der Waals surface area contributed by atoms with Crippen molar-refractivity contribution in [3.8, 4) is 0 Å². The van der Waals surface area contributed by atoms with Gasteiger partial charge in [-0.25, -0.2) is 4.68 Å². The predicted octanol–water partition coefficient (Wildman–Crippen LogP) is 1.22. The largest absolute Gasteiger partial charge is 0.394 e. The zero-order chi connectivity index (χ0) is 12.6. The summed E-state index contributed by atoms with van der Waals surface area (Å²) in [4.78, 5) is 23.3. The molecule has 92 valence electrons. The highest BCUT2D eigenvalue weighted by atomic mass is 16.1. The normalized spacial score (nSPS) is 16.4. The van der Waals surface area contributed by atoms with Crippen molar-refractivity contribution in [1.82, 2.24) is 9.78 Å². The number of aromatic nitrogens is 2. The molecule has 5 nitrogen and oxygen atoms in total. The van der Waals surface area contributed by atoms with Crippen LogP contribution in [0.4, 0.5) is 5.69 Å². The summed E-state index contributed by atoms with van der Waals surface area (Å²) in [5, 5.41) is 4.24. The Morgan fingerprint density at radius 2 is 2.00 bits per heavy atom. The quantitative estimate of drug-likeness (QED) is 0.782. The van der Waals surface area contributed by atoms with Crippen molar-refractivity contribution < 1.29 is 4.79 Å². The molecule has 1 aromatic heterocycles. The second-order valence-corrected chi connectivity index (χ2v) is 4.64. The van der Waals surface area contributed by atoms with Crippen molar-refractivity contribution in [3.63, 3.8) is 0 Å². The number of hydrogen-bond acceptors (Lipinski definition) is 4. The molecule has 17 heavy (non-hydrogen) atoms. The highest BCUT2D eigenvalue weighted by Gasteiger charge is 2.26. The van der Waals surface area contributed by atoms with Gasteiger partial charge in [-0.2, -0.15) is 5.10 Å². The van der Waals surface area contributed by atoms with Gasteiger partial charge in [0.1, 0.15) is 5.69 Å². The Morgan fingerprint density at radius 1 is 1.41 bits per heavy atom. The van der Waals surface area contributed by atoms with Crippen LogP contribution in [0.3, 0.4) is 0 Å². The van der Waals surface area contributed by atoms with Gasteiger partial charge in [0.05, 0.1) is 11.3 Å². The number of aryl methyl sites for hydroxylation is 1. The molecule has 1 heterocycles. The third-order valence-corrected chi connectivity index (χ3v) is 3.40. The van der Waals surface area contributed by atoms with Crippen molar-refractivity contribution in [1.29, 1.82) is 0 Å². The molecule has 1 saturated carbocycles. The number of nitrogens with zero attached hydrogens (tertiary/aromatic N) is 2. The van der Waals surface area contributed by atoms with E-state index in [1.165, 1.54) is 11.6 Å². The summed E-state index contributed by atoms with van der Waals surface area (Å²) in [6.07, 6.45) is 4.33. The van der Waals surface area contributed by atoms with Crippen LogP contribution in [0.2, 0.25) is 0 Å². The van der Waals surface area contributed by atoms with Crippen molar-refractivity contribution in [2.24, 2.45) is 7.05 Å². The first-order chi connectivity index (χ1) is 8.02. The Labute approximate surface area is 99.6 Å². The van der Waals surface area contributed by atoms with Crippen molar-refractivity contribution in [2.45, 2.75) is 38.5 Å². The molecule has 0 radical (unpaired) electrons. The lowest BCUT2D eigenvalue weighted by Crippen LogP contribution is -2.28. The summed E-state index contributed by atoms with van der Waals surface area (Å²) < 4.78 is 1.23. The Morgan fingerprint density at radius 3 is 2.53 bits per heavy atom. The number of nitrogen functional groups attached to an aromatic ring is 1. The fourth-order valence-electron chi connectivity index (χ4n) is 2.53. The molecule has 0 amide bonds. The first kappa shape index (κ1) is 11.8. The molecular weight excluding hydrogens is 218 g/mol. The molecule has 1 aromatic rings. The second-order valence-electron chi connectivity index (χ2n) is 4.64. The Kier molecular flexibility index (Phi) is 3.00. The van der Waals surface area contributed by atoms with Crippen LogP contribution in [0.5, 0.6) is 0 Å². The van der Waals surface area contributed by atoms with E-state index in [-0.39, 0.29) is 17.4 Å². The van der Waals surface area contributed by atoms with Gasteiger partial charge in [-0.1, -0.05) is 12.8 Å². The number of ketones is 1. The maximum Gasteiger partial charge on any atom is 0.290 e. The van der Waals surface area contributed by atoms with E-state index >= 15 is 0 Å². The summed E-state index contributed by atoms with van der Waals surface area (Å²) >= 11 is 0. The van der Waals surface area contributed by atoms with Crippen LogP contribution in [0.15, 0.2) is 4.79 Å². The summed E-state index contributed by atoms with van der Waals surface area (Å²) in [6.45, 7) is 1.44. The van der Waals surface area contributed by atoms with E-state index < -0.39 is 5.56 Å².